The summed E-state index contributed by atoms with van der Waals surface area (Å²) in [5.74, 6) is 0.600. The molecule has 2 aromatic carbocycles. The van der Waals surface area contributed by atoms with Crippen LogP contribution in [0, 0.1) is 17.1 Å². The van der Waals surface area contributed by atoms with Gasteiger partial charge in [-0.1, -0.05) is 29.8 Å². The molecule has 40 heavy (non-hydrogen) atoms. The number of rotatable bonds is 8. The quantitative estimate of drug-likeness (QED) is 0.273. The molecular weight excluding hydrogens is 535 g/mol. The monoisotopic (exact) mass is 562 g/mol. The van der Waals surface area contributed by atoms with Crippen molar-refractivity contribution >= 4 is 40.1 Å². The summed E-state index contributed by atoms with van der Waals surface area (Å²) in [5, 5.41) is 15.2. The maximum atomic E-state index is 13.7. The molecule has 0 bridgehead atoms. The van der Waals surface area contributed by atoms with Gasteiger partial charge in [0.1, 0.15) is 29.1 Å². The summed E-state index contributed by atoms with van der Waals surface area (Å²) >= 11 is 6.42. The lowest BCUT2D eigenvalue weighted by molar-refractivity contribution is 0.229. The first-order chi connectivity index (χ1) is 19.3. The van der Waals surface area contributed by atoms with Crippen LogP contribution in [-0.4, -0.2) is 57.3 Å². The molecule has 13 heteroatoms. The SMILES string of the molecule is N#Cc1c(N)nc(N)nc1NCCCc1nc2cccc(Cl)c2c(=O)n1N1CCN(Cc2ccc(F)cc2)CC1. The van der Waals surface area contributed by atoms with E-state index in [4.69, 9.17) is 28.1 Å². The van der Waals surface area contributed by atoms with Gasteiger partial charge in [-0.15, -0.1) is 0 Å². The van der Waals surface area contributed by atoms with Crippen LogP contribution < -0.4 is 27.4 Å². The molecular formula is C27H28ClFN10O. The number of nitrogen functional groups attached to an aromatic ring is 2. The van der Waals surface area contributed by atoms with Gasteiger partial charge in [0.2, 0.25) is 5.95 Å². The summed E-state index contributed by atoms with van der Waals surface area (Å²) in [6.07, 6.45) is 1.05. The Morgan fingerprint density at radius 2 is 1.80 bits per heavy atom. The average Bonchev–Trinajstić information content (AvgIpc) is 2.93. The maximum Gasteiger partial charge on any atom is 0.281 e. The predicted molar refractivity (Wildman–Crippen MR) is 153 cm³/mol. The zero-order valence-corrected chi connectivity index (χ0v) is 22.4. The Labute approximate surface area is 234 Å². The number of hydrogen-bond donors (Lipinski definition) is 3. The molecule has 1 saturated heterocycles. The van der Waals surface area contributed by atoms with Crippen LogP contribution in [0.25, 0.3) is 10.9 Å². The van der Waals surface area contributed by atoms with E-state index in [1.54, 1.807) is 35.0 Å². The molecule has 11 nitrogen and oxygen atoms in total. The van der Waals surface area contributed by atoms with E-state index >= 15 is 0 Å². The second kappa shape index (κ2) is 11.7. The smallest absolute Gasteiger partial charge is 0.281 e. The topological polar surface area (TPSA) is 155 Å². The fourth-order valence-corrected chi connectivity index (χ4v) is 5.06. The van der Waals surface area contributed by atoms with Gasteiger partial charge in [-0.25, -0.2) is 14.1 Å². The molecule has 0 amide bonds. The van der Waals surface area contributed by atoms with E-state index in [9.17, 15) is 14.4 Å². The standard InChI is InChI=1S/C27H28ClFN10O/c28-20-3-1-4-21-23(20)26(40)39(38-13-11-37(12-14-38)16-17-6-8-18(29)9-7-17)22(34-21)5-2-10-33-25-19(15-30)24(31)35-27(32)36-25/h1,3-4,6-9H,2,5,10-14,16H2,(H5,31,32,33,35,36). The molecule has 206 valence electrons. The molecule has 4 aromatic rings. The third kappa shape index (κ3) is 5.75. The summed E-state index contributed by atoms with van der Waals surface area (Å²) in [7, 11) is 0. The van der Waals surface area contributed by atoms with Crippen molar-refractivity contribution < 1.29 is 4.39 Å². The van der Waals surface area contributed by atoms with Crippen molar-refractivity contribution in [3.05, 3.63) is 80.6 Å². The van der Waals surface area contributed by atoms with Crippen molar-refractivity contribution in [3.8, 4) is 6.07 Å². The van der Waals surface area contributed by atoms with E-state index < -0.39 is 0 Å². The van der Waals surface area contributed by atoms with Gasteiger partial charge in [0.15, 0.2) is 5.82 Å². The Morgan fingerprint density at radius 1 is 1.05 bits per heavy atom. The number of nitrogens with two attached hydrogens (primary N) is 2. The summed E-state index contributed by atoms with van der Waals surface area (Å²) < 4.78 is 14.9. The fraction of sp³-hybridized carbons (Fsp3) is 0.296. The predicted octanol–water partition coefficient (Wildman–Crippen LogP) is 2.51. The number of nitrogens with zero attached hydrogens (tertiary/aromatic N) is 7. The van der Waals surface area contributed by atoms with E-state index in [0.717, 1.165) is 18.7 Å². The Morgan fingerprint density at radius 3 is 2.52 bits per heavy atom. The number of aromatic nitrogens is 4. The van der Waals surface area contributed by atoms with Gasteiger partial charge in [0, 0.05) is 45.7 Å². The first kappa shape index (κ1) is 27.1. The van der Waals surface area contributed by atoms with E-state index in [2.05, 4.69) is 20.2 Å². The van der Waals surface area contributed by atoms with Crippen molar-refractivity contribution in [2.24, 2.45) is 0 Å². The lowest BCUT2D eigenvalue weighted by Gasteiger charge is -2.37. The summed E-state index contributed by atoms with van der Waals surface area (Å²) in [5.41, 5.74) is 13.0. The molecule has 0 aliphatic carbocycles. The molecule has 0 atom stereocenters. The number of nitriles is 1. The van der Waals surface area contributed by atoms with Crippen LogP contribution in [0.2, 0.25) is 5.02 Å². The lowest BCUT2D eigenvalue weighted by atomic mass is 10.2. The highest BCUT2D eigenvalue weighted by Crippen LogP contribution is 2.21. The molecule has 3 heterocycles. The summed E-state index contributed by atoms with van der Waals surface area (Å²) in [6, 6.07) is 13.7. The highest BCUT2D eigenvalue weighted by atomic mass is 35.5. The van der Waals surface area contributed by atoms with Gasteiger partial charge in [0.25, 0.3) is 5.56 Å². The number of hydrogen-bond acceptors (Lipinski definition) is 10. The van der Waals surface area contributed by atoms with Gasteiger partial charge >= 0.3 is 0 Å². The lowest BCUT2D eigenvalue weighted by Crippen LogP contribution is -2.54. The Kier molecular flexibility index (Phi) is 7.95. The molecule has 0 unspecified atom stereocenters. The van der Waals surface area contributed by atoms with Crippen molar-refractivity contribution in [3.63, 3.8) is 0 Å². The van der Waals surface area contributed by atoms with Crippen LogP contribution in [0.5, 0.6) is 0 Å². The number of fused-ring (bicyclic) bond motifs is 1. The van der Waals surface area contributed by atoms with Crippen LogP contribution in [0.3, 0.4) is 0 Å². The molecule has 5 N–H and O–H groups in total. The molecule has 1 aliphatic heterocycles. The van der Waals surface area contributed by atoms with E-state index in [1.807, 2.05) is 11.1 Å². The second-order valence-corrected chi connectivity index (χ2v) is 9.88. The van der Waals surface area contributed by atoms with Gasteiger partial charge in [-0.3, -0.25) is 9.69 Å². The number of benzene rings is 2. The Balaban J connectivity index is 1.34. The number of anilines is 3. The molecule has 5 rings (SSSR count). The molecule has 1 fully saturated rings. The maximum absolute atomic E-state index is 13.7. The van der Waals surface area contributed by atoms with Gasteiger partial charge in [-0.05, 0) is 36.2 Å². The zero-order chi connectivity index (χ0) is 28.2. The molecule has 0 spiro atoms. The van der Waals surface area contributed by atoms with Crippen molar-refractivity contribution in [1.82, 2.24) is 24.5 Å². The first-order valence-corrected chi connectivity index (χ1v) is 13.2. The second-order valence-electron chi connectivity index (χ2n) is 9.47. The molecule has 1 aliphatic rings. The molecule has 0 radical (unpaired) electrons. The highest BCUT2D eigenvalue weighted by Gasteiger charge is 2.23. The minimum Gasteiger partial charge on any atom is -0.382 e. The van der Waals surface area contributed by atoms with Gasteiger partial charge < -0.3 is 21.8 Å². The van der Waals surface area contributed by atoms with Crippen LogP contribution >= 0.6 is 11.6 Å². The van der Waals surface area contributed by atoms with Crippen LogP contribution in [0.4, 0.5) is 22.0 Å². The van der Waals surface area contributed by atoms with Crippen LogP contribution in [0.1, 0.15) is 23.4 Å². The van der Waals surface area contributed by atoms with Crippen molar-refractivity contribution in [2.45, 2.75) is 19.4 Å². The molecule has 0 saturated carbocycles. The Bertz CT molecular complexity index is 1630. The third-order valence-corrected chi connectivity index (χ3v) is 7.09. The summed E-state index contributed by atoms with van der Waals surface area (Å²) in [6.45, 7) is 3.79. The number of aryl methyl sites for hydroxylation is 1. The van der Waals surface area contributed by atoms with Gasteiger partial charge in [-0.2, -0.15) is 15.2 Å². The highest BCUT2D eigenvalue weighted by molar-refractivity contribution is 6.35. The van der Waals surface area contributed by atoms with E-state index in [1.165, 1.54) is 12.1 Å². The van der Waals surface area contributed by atoms with Crippen molar-refractivity contribution in [1.29, 1.82) is 5.26 Å². The zero-order valence-electron chi connectivity index (χ0n) is 21.6. The van der Waals surface area contributed by atoms with Gasteiger partial charge in [0.05, 0.1) is 15.9 Å². The molecule has 2 aromatic heterocycles. The van der Waals surface area contributed by atoms with E-state index in [-0.39, 0.29) is 34.5 Å². The number of piperazine rings is 1. The van der Waals surface area contributed by atoms with E-state index in [0.29, 0.717) is 60.8 Å². The van der Waals surface area contributed by atoms with Crippen molar-refractivity contribution in [2.75, 3.05) is 54.5 Å². The fourth-order valence-electron chi connectivity index (χ4n) is 4.81. The Hall–Kier alpha value is -4.47. The van der Waals surface area contributed by atoms with Crippen LogP contribution in [0.15, 0.2) is 47.3 Å². The average molecular weight is 563 g/mol. The normalized spacial score (nSPS) is 13.9. The first-order valence-electron chi connectivity index (χ1n) is 12.8. The minimum absolute atomic E-state index is 0.0120. The largest absolute Gasteiger partial charge is 0.382 e. The number of nitrogens with one attached hydrogen (secondary N) is 1. The summed E-state index contributed by atoms with van der Waals surface area (Å²) in [4.78, 5) is 28.7. The minimum atomic E-state index is -0.256. The third-order valence-electron chi connectivity index (χ3n) is 6.78. The van der Waals surface area contributed by atoms with Crippen LogP contribution in [-0.2, 0) is 13.0 Å². The number of halogens is 2.